The summed E-state index contributed by atoms with van der Waals surface area (Å²) >= 11 is 0. The van der Waals surface area contributed by atoms with Crippen LogP contribution in [-0.4, -0.2) is 31.8 Å². The number of carbonyl (C=O) groups excluding carboxylic acids is 2. The summed E-state index contributed by atoms with van der Waals surface area (Å²) in [5.41, 5.74) is 0.245. The molecule has 0 aromatic heterocycles. The maximum absolute atomic E-state index is 11.8. The Morgan fingerprint density at radius 1 is 0.900 bits per heavy atom. The van der Waals surface area contributed by atoms with Crippen molar-refractivity contribution in [3.05, 3.63) is 17.2 Å². The van der Waals surface area contributed by atoms with E-state index in [2.05, 4.69) is 4.74 Å². The number of hydrogen-bond donors (Lipinski definition) is 0. The van der Waals surface area contributed by atoms with Gasteiger partial charge >= 0.3 is 11.9 Å². The molecule has 1 aromatic rings. The van der Waals surface area contributed by atoms with Crippen LogP contribution >= 0.6 is 0 Å². The minimum atomic E-state index is -0.725. The third kappa shape index (κ3) is 2.29. The Bertz CT molecular complexity index is 549. The van der Waals surface area contributed by atoms with E-state index in [1.165, 1.54) is 6.07 Å². The molecule has 1 aliphatic heterocycles. The molecular weight excluding hydrogens is 264 g/mol. The first-order valence-corrected chi connectivity index (χ1v) is 6.49. The van der Waals surface area contributed by atoms with Crippen molar-refractivity contribution in [1.29, 1.82) is 0 Å². The Labute approximate surface area is 116 Å². The van der Waals surface area contributed by atoms with Gasteiger partial charge in [-0.15, -0.1) is 0 Å². The predicted molar refractivity (Wildman–Crippen MR) is 69.7 cm³/mol. The van der Waals surface area contributed by atoms with Crippen LogP contribution in [0.2, 0.25) is 0 Å². The van der Waals surface area contributed by atoms with E-state index in [1.54, 1.807) is 6.92 Å². The van der Waals surface area contributed by atoms with Crippen molar-refractivity contribution in [2.75, 3.05) is 19.8 Å². The molecule has 0 aliphatic carbocycles. The third-order valence-corrected chi connectivity index (χ3v) is 2.69. The number of carbonyl (C=O) groups is 2. The van der Waals surface area contributed by atoms with E-state index in [1.807, 2.05) is 13.8 Å². The number of cyclic esters (lactones) is 2. The van der Waals surface area contributed by atoms with E-state index in [4.69, 9.17) is 14.2 Å². The zero-order chi connectivity index (χ0) is 14.7. The maximum Gasteiger partial charge on any atom is 0.350 e. The Kier molecular flexibility index (Phi) is 4.12. The SMILES string of the molecule is CCOc1cc2c(c(OCC)c1OCC)C(=O)OC2=O. The molecule has 0 saturated carbocycles. The zero-order valence-electron chi connectivity index (χ0n) is 11.6. The van der Waals surface area contributed by atoms with Gasteiger partial charge in [-0.05, 0) is 26.8 Å². The van der Waals surface area contributed by atoms with Crippen molar-refractivity contribution in [1.82, 2.24) is 0 Å². The average Bonchev–Trinajstić information content (AvgIpc) is 2.69. The van der Waals surface area contributed by atoms with Gasteiger partial charge in [-0.2, -0.15) is 0 Å². The van der Waals surface area contributed by atoms with Crippen molar-refractivity contribution in [3.63, 3.8) is 0 Å². The van der Waals surface area contributed by atoms with Crippen molar-refractivity contribution in [2.45, 2.75) is 20.8 Å². The van der Waals surface area contributed by atoms with Gasteiger partial charge < -0.3 is 18.9 Å². The summed E-state index contributed by atoms with van der Waals surface area (Å²) in [6.45, 7) is 6.49. The lowest BCUT2D eigenvalue weighted by atomic mass is 10.1. The van der Waals surface area contributed by atoms with Gasteiger partial charge in [0, 0.05) is 0 Å². The van der Waals surface area contributed by atoms with Crippen LogP contribution in [0.25, 0.3) is 0 Å². The molecule has 0 fully saturated rings. The van der Waals surface area contributed by atoms with E-state index in [9.17, 15) is 9.59 Å². The molecule has 2 rings (SSSR count). The highest BCUT2D eigenvalue weighted by molar-refractivity contribution is 6.17. The summed E-state index contributed by atoms with van der Waals surface area (Å²) in [5.74, 6) is -0.539. The van der Waals surface area contributed by atoms with E-state index < -0.39 is 11.9 Å². The largest absolute Gasteiger partial charge is 0.490 e. The van der Waals surface area contributed by atoms with Crippen molar-refractivity contribution >= 4 is 11.9 Å². The van der Waals surface area contributed by atoms with Crippen molar-refractivity contribution in [3.8, 4) is 17.2 Å². The van der Waals surface area contributed by atoms with Gasteiger partial charge in [0.2, 0.25) is 5.75 Å². The highest BCUT2D eigenvalue weighted by Gasteiger charge is 2.37. The second-order valence-electron chi connectivity index (χ2n) is 3.93. The summed E-state index contributed by atoms with van der Waals surface area (Å²) in [6, 6.07) is 1.46. The molecule has 6 heteroatoms. The molecule has 0 saturated heterocycles. The lowest BCUT2D eigenvalue weighted by molar-refractivity contribution is 0.0442. The van der Waals surface area contributed by atoms with Crippen LogP contribution in [0.5, 0.6) is 17.2 Å². The normalized spacial score (nSPS) is 12.9. The molecular formula is C14H16O6. The van der Waals surface area contributed by atoms with Gasteiger partial charge in [0.1, 0.15) is 5.56 Å². The van der Waals surface area contributed by atoms with Gasteiger partial charge in [0.25, 0.3) is 0 Å². The van der Waals surface area contributed by atoms with Crippen LogP contribution < -0.4 is 14.2 Å². The molecule has 1 heterocycles. The molecule has 108 valence electrons. The molecule has 0 atom stereocenters. The smallest absolute Gasteiger partial charge is 0.350 e. The fourth-order valence-electron chi connectivity index (χ4n) is 2.00. The molecule has 6 nitrogen and oxygen atoms in total. The van der Waals surface area contributed by atoms with Gasteiger partial charge in [-0.25, -0.2) is 9.59 Å². The highest BCUT2D eigenvalue weighted by Crippen LogP contribution is 2.45. The minimum Gasteiger partial charge on any atom is -0.490 e. The summed E-state index contributed by atoms with van der Waals surface area (Å²) in [7, 11) is 0. The molecule has 0 radical (unpaired) electrons. The number of esters is 2. The van der Waals surface area contributed by atoms with Gasteiger partial charge in [-0.1, -0.05) is 0 Å². The second-order valence-corrected chi connectivity index (χ2v) is 3.93. The Morgan fingerprint density at radius 3 is 2.10 bits per heavy atom. The molecule has 0 N–H and O–H groups in total. The van der Waals surface area contributed by atoms with Gasteiger partial charge in [0.05, 0.1) is 25.4 Å². The topological polar surface area (TPSA) is 71.1 Å². The van der Waals surface area contributed by atoms with Crippen LogP contribution in [0.3, 0.4) is 0 Å². The van der Waals surface area contributed by atoms with E-state index in [0.717, 1.165) is 0 Å². The van der Waals surface area contributed by atoms with Crippen LogP contribution in [0.15, 0.2) is 6.07 Å². The van der Waals surface area contributed by atoms with Crippen molar-refractivity contribution in [2.24, 2.45) is 0 Å². The zero-order valence-corrected chi connectivity index (χ0v) is 11.6. The monoisotopic (exact) mass is 280 g/mol. The molecule has 0 unspecified atom stereocenters. The predicted octanol–water partition coefficient (Wildman–Crippen LogP) is 2.19. The molecule has 0 spiro atoms. The standard InChI is InChI=1S/C14H16O6/c1-4-17-9-7-8-10(14(16)20-13(8)15)12(19-6-3)11(9)18-5-2/h7H,4-6H2,1-3H3. The summed E-state index contributed by atoms with van der Waals surface area (Å²) in [4.78, 5) is 23.4. The van der Waals surface area contributed by atoms with Crippen molar-refractivity contribution < 1.29 is 28.5 Å². The van der Waals surface area contributed by atoms with Crippen LogP contribution in [0.4, 0.5) is 0 Å². The number of ether oxygens (including phenoxy) is 4. The fourth-order valence-corrected chi connectivity index (χ4v) is 2.00. The quantitative estimate of drug-likeness (QED) is 0.587. The number of benzene rings is 1. The summed E-state index contributed by atoms with van der Waals surface area (Å²) in [6.07, 6.45) is 0. The summed E-state index contributed by atoms with van der Waals surface area (Å²) < 4.78 is 21.1. The number of rotatable bonds is 6. The van der Waals surface area contributed by atoms with Crippen LogP contribution in [0, 0.1) is 0 Å². The average molecular weight is 280 g/mol. The van der Waals surface area contributed by atoms with Gasteiger partial charge in [-0.3, -0.25) is 0 Å². The van der Waals surface area contributed by atoms with Crippen LogP contribution in [0.1, 0.15) is 41.5 Å². The first kappa shape index (κ1) is 14.2. The maximum atomic E-state index is 11.8. The van der Waals surface area contributed by atoms with E-state index >= 15 is 0 Å². The van der Waals surface area contributed by atoms with E-state index in [-0.39, 0.29) is 16.9 Å². The fraction of sp³-hybridized carbons (Fsp3) is 0.429. The minimum absolute atomic E-state index is 0.101. The number of hydrogen-bond acceptors (Lipinski definition) is 6. The summed E-state index contributed by atoms with van der Waals surface area (Å²) in [5, 5.41) is 0. The lowest BCUT2D eigenvalue weighted by Gasteiger charge is -2.16. The molecule has 0 bridgehead atoms. The lowest BCUT2D eigenvalue weighted by Crippen LogP contribution is -2.07. The first-order chi connectivity index (χ1) is 9.63. The molecule has 0 amide bonds. The third-order valence-electron chi connectivity index (χ3n) is 2.69. The Hall–Kier alpha value is -2.24. The molecule has 1 aromatic carbocycles. The Balaban J connectivity index is 2.67. The van der Waals surface area contributed by atoms with Crippen LogP contribution in [-0.2, 0) is 4.74 Å². The van der Waals surface area contributed by atoms with E-state index in [0.29, 0.717) is 31.3 Å². The Morgan fingerprint density at radius 2 is 1.50 bits per heavy atom. The molecule has 20 heavy (non-hydrogen) atoms. The van der Waals surface area contributed by atoms with Gasteiger partial charge in [0.15, 0.2) is 11.5 Å². The highest BCUT2D eigenvalue weighted by atomic mass is 16.6. The number of fused-ring (bicyclic) bond motifs is 1. The first-order valence-electron chi connectivity index (χ1n) is 6.49. The molecule has 1 aliphatic rings. The second kappa shape index (κ2) is 5.81.